The molecule has 0 radical (unpaired) electrons. The Bertz CT molecular complexity index is 2990. The first-order chi connectivity index (χ1) is 31.0. The second-order valence-corrected chi connectivity index (χ2v) is 21.0. The molecule has 24 heteroatoms. The van der Waals surface area contributed by atoms with Crippen molar-refractivity contribution in [1.82, 2.24) is 35.3 Å². The SMILES string of the molecule is Brc1csc(-c2ccn[nH]2)n1.Brc1csc(Br)n1.CC1(C)OB(c2cc3ccc(Cl)cc3o2)OC1(C)C.Clc1ccc2cc(-c3csc(-c4ccn[nH]4)n3)oc2c1.OB(O)C1=CC=NC1. The molecule has 65 heavy (non-hydrogen) atoms. The number of halogens is 5. The molecule has 0 amide bonds. The number of furan rings is 2. The minimum absolute atomic E-state index is 0.367. The zero-order valence-electron chi connectivity index (χ0n) is 34.5. The van der Waals surface area contributed by atoms with Crippen molar-refractivity contribution >= 4 is 153 Å². The number of allylic oxidation sites excluding steroid dienone is 1. The summed E-state index contributed by atoms with van der Waals surface area (Å²) < 4.78 is 26.2. The minimum atomic E-state index is -1.32. The molecule has 0 spiro atoms. The van der Waals surface area contributed by atoms with Crippen LogP contribution in [0.2, 0.25) is 10.0 Å². The maximum atomic E-state index is 8.46. The van der Waals surface area contributed by atoms with E-state index in [2.05, 4.69) is 88.1 Å². The molecule has 0 saturated carbocycles. The Balaban J connectivity index is 0.000000129. The summed E-state index contributed by atoms with van der Waals surface area (Å²) in [6.45, 7) is 8.51. The van der Waals surface area contributed by atoms with Gasteiger partial charge in [0.15, 0.2) is 9.68 Å². The third-order valence-electron chi connectivity index (χ3n) is 9.61. The van der Waals surface area contributed by atoms with Gasteiger partial charge in [-0.1, -0.05) is 23.2 Å². The Labute approximate surface area is 420 Å². The number of nitrogens with zero attached hydrogens (tertiary/aromatic N) is 6. The third-order valence-corrected chi connectivity index (χ3v) is 14.6. The minimum Gasteiger partial charge on any atom is -0.465 e. The number of aromatic nitrogens is 7. The number of aliphatic imine (C=N–C) groups is 1. The monoisotopic (exact) mass is 1160 g/mol. The Morgan fingerprint density at radius 2 is 1.28 bits per heavy atom. The molecule has 1 fully saturated rings. The highest BCUT2D eigenvalue weighted by atomic mass is 79.9. The van der Waals surface area contributed by atoms with Crippen LogP contribution < -0.4 is 5.66 Å². The zero-order chi connectivity index (χ0) is 46.3. The lowest BCUT2D eigenvalue weighted by atomic mass is 9.80. The fourth-order valence-electron chi connectivity index (χ4n) is 5.63. The molecule has 14 nitrogen and oxygen atoms in total. The molecular formula is C41H35B2Br3Cl2N8O6S3. The van der Waals surface area contributed by atoms with Crippen LogP contribution >= 0.6 is 105 Å². The van der Waals surface area contributed by atoms with E-state index < -0.39 is 14.2 Å². The van der Waals surface area contributed by atoms with Crippen LogP contribution in [0.4, 0.5) is 0 Å². The smallest absolute Gasteiger partial charge is 0.465 e. The largest absolute Gasteiger partial charge is 0.532 e. The van der Waals surface area contributed by atoms with Gasteiger partial charge in [0, 0.05) is 61.6 Å². The summed E-state index contributed by atoms with van der Waals surface area (Å²) in [6.07, 6.45) is 6.59. The van der Waals surface area contributed by atoms with E-state index in [-0.39, 0.29) is 11.2 Å². The Morgan fingerprint density at radius 3 is 1.75 bits per heavy atom. The highest BCUT2D eigenvalue weighted by molar-refractivity contribution is 9.11. The second kappa shape index (κ2) is 21.9. The maximum absolute atomic E-state index is 8.46. The number of benzene rings is 2. The number of fused-ring (bicyclic) bond motifs is 2. The topological polar surface area (TPSA) is 194 Å². The van der Waals surface area contributed by atoms with Gasteiger partial charge in [-0.2, -0.15) is 10.2 Å². The molecule has 9 heterocycles. The molecule has 2 aliphatic heterocycles. The molecule has 7 aromatic heterocycles. The average Bonchev–Trinajstić information content (AvgIpc) is 4.09. The molecule has 0 bridgehead atoms. The highest BCUT2D eigenvalue weighted by Crippen LogP contribution is 2.37. The van der Waals surface area contributed by atoms with E-state index in [1.807, 2.05) is 98.4 Å². The van der Waals surface area contributed by atoms with E-state index in [9.17, 15) is 0 Å². The van der Waals surface area contributed by atoms with Gasteiger partial charge in [0.1, 0.15) is 41.7 Å². The molecular weight excluding hydrogens is 1130 g/mol. The summed E-state index contributed by atoms with van der Waals surface area (Å²) in [4.78, 5) is 16.5. The van der Waals surface area contributed by atoms with Crippen LogP contribution in [0, 0.1) is 0 Å². The first-order valence-electron chi connectivity index (χ1n) is 19.2. The van der Waals surface area contributed by atoms with E-state index >= 15 is 0 Å². The fraction of sp³-hybridized carbons (Fsp3) is 0.171. The van der Waals surface area contributed by atoms with Crippen molar-refractivity contribution in [3.05, 3.63) is 124 Å². The molecule has 334 valence electrons. The van der Waals surface area contributed by atoms with E-state index in [0.717, 1.165) is 67.9 Å². The predicted molar refractivity (Wildman–Crippen MR) is 273 cm³/mol. The molecule has 4 N–H and O–H groups in total. The molecule has 0 unspecified atom stereocenters. The Morgan fingerprint density at radius 1 is 0.708 bits per heavy atom. The zero-order valence-corrected chi connectivity index (χ0v) is 43.2. The van der Waals surface area contributed by atoms with Crippen LogP contribution in [-0.4, -0.2) is 83.6 Å². The van der Waals surface area contributed by atoms with Gasteiger partial charge in [-0.3, -0.25) is 15.2 Å². The van der Waals surface area contributed by atoms with Gasteiger partial charge < -0.3 is 28.2 Å². The lowest BCUT2D eigenvalue weighted by Crippen LogP contribution is -2.41. The van der Waals surface area contributed by atoms with Crippen molar-refractivity contribution in [2.45, 2.75) is 38.9 Å². The van der Waals surface area contributed by atoms with Crippen LogP contribution in [0.1, 0.15) is 27.7 Å². The fourth-order valence-corrected chi connectivity index (χ4v) is 9.65. The van der Waals surface area contributed by atoms with Crippen molar-refractivity contribution in [1.29, 1.82) is 0 Å². The Kier molecular flexibility index (Phi) is 16.6. The summed E-state index contributed by atoms with van der Waals surface area (Å²) in [5.41, 5.74) is 4.69. The molecule has 2 aliphatic rings. The first kappa shape index (κ1) is 49.1. The molecule has 1 saturated heterocycles. The average molecular weight is 1160 g/mol. The number of hydrogen-bond acceptors (Lipinski definition) is 15. The highest BCUT2D eigenvalue weighted by Gasteiger charge is 2.53. The maximum Gasteiger partial charge on any atom is 0.532 e. The summed E-state index contributed by atoms with van der Waals surface area (Å²) >= 11 is 26.3. The number of hydrogen-bond donors (Lipinski definition) is 4. The predicted octanol–water partition coefficient (Wildman–Crippen LogP) is 12.0. The molecule has 0 atom stereocenters. The van der Waals surface area contributed by atoms with Gasteiger partial charge in [0.2, 0.25) is 0 Å². The van der Waals surface area contributed by atoms with Gasteiger partial charge in [-0.15, -0.1) is 34.0 Å². The first-order valence-corrected chi connectivity index (χ1v) is 24.9. The van der Waals surface area contributed by atoms with Gasteiger partial charge in [-0.05, 0) is 142 Å². The van der Waals surface area contributed by atoms with E-state index in [1.54, 1.807) is 64.8 Å². The van der Waals surface area contributed by atoms with Crippen molar-refractivity contribution in [3.63, 3.8) is 0 Å². The summed E-state index contributed by atoms with van der Waals surface area (Å²) in [6, 6.07) is 18.8. The molecule has 0 aliphatic carbocycles. The quantitative estimate of drug-likeness (QED) is 0.120. The van der Waals surface area contributed by atoms with Gasteiger partial charge in [0.05, 0.1) is 29.1 Å². The molecule has 2 aromatic carbocycles. The number of thiazole rings is 3. The second-order valence-electron chi connectivity index (χ2n) is 14.7. The van der Waals surface area contributed by atoms with Crippen molar-refractivity contribution in [3.8, 4) is 32.9 Å². The van der Waals surface area contributed by atoms with Crippen LogP contribution in [0.15, 0.2) is 128 Å². The number of rotatable bonds is 5. The van der Waals surface area contributed by atoms with Crippen molar-refractivity contribution < 1.29 is 28.2 Å². The van der Waals surface area contributed by atoms with Gasteiger partial charge in [0.25, 0.3) is 0 Å². The normalized spacial score (nSPS) is 14.4. The Hall–Kier alpha value is -3.77. The summed E-state index contributed by atoms with van der Waals surface area (Å²) in [5, 5.41) is 41.4. The van der Waals surface area contributed by atoms with Gasteiger partial charge >= 0.3 is 14.2 Å². The lowest BCUT2D eigenvalue weighted by Gasteiger charge is -2.32. The number of H-pyrrole nitrogens is 2. The lowest BCUT2D eigenvalue weighted by molar-refractivity contribution is 0.00578. The van der Waals surface area contributed by atoms with Crippen molar-refractivity contribution in [2.75, 3.05) is 6.54 Å². The van der Waals surface area contributed by atoms with E-state index in [4.69, 9.17) is 51.4 Å². The van der Waals surface area contributed by atoms with E-state index in [1.165, 1.54) is 0 Å². The van der Waals surface area contributed by atoms with Crippen molar-refractivity contribution in [2.24, 2.45) is 4.99 Å². The van der Waals surface area contributed by atoms with Gasteiger partial charge in [-0.25, -0.2) is 15.0 Å². The molecule has 11 rings (SSSR count). The third kappa shape index (κ3) is 13.0. The van der Waals surface area contributed by atoms with Crippen LogP contribution in [0.3, 0.4) is 0 Å². The van der Waals surface area contributed by atoms with Crippen LogP contribution in [-0.2, 0) is 9.31 Å². The summed E-state index contributed by atoms with van der Waals surface area (Å²) in [5.74, 6) is 0.740. The van der Waals surface area contributed by atoms with Crippen LogP contribution in [0.25, 0.3) is 54.8 Å². The van der Waals surface area contributed by atoms with Crippen LogP contribution in [0.5, 0.6) is 0 Å². The number of nitrogens with one attached hydrogen (secondary N) is 2. The van der Waals surface area contributed by atoms with E-state index in [0.29, 0.717) is 27.7 Å². The number of aromatic amines is 2. The summed E-state index contributed by atoms with van der Waals surface area (Å²) in [7, 11) is -1.80. The standard InChI is InChI=1S/C14H16BClO3.C14H8ClN3OS.C6H4BrN3S.C4H6BNO2.C3HBr2NS/c1-13(2)14(3,4)19-15(18-13)12-7-9-5-6-10(16)8-11(9)17-12;15-9-2-1-8-5-13(19-12(8)6-9)11-7-20-14(17-11)10-3-4-16-18-10;7-5-3-11-6(9-5)4-1-2-8-10-4;7-5(8)4-1-2-6-3-4;4-2-1-7-3(5)6-2/h5-8H,1-4H3;1-7H,(H,16,18);1-3H,(H,8,10);1-2,7-8H,3H2;1H. The molecule has 9 aromatic rings.